The maximum atomic E-state index is 12.7. The van der Waals surface area contributed by atoms with Gasteiger partial charge in [-0.15, -0.1) is 0 Å². The molecule has 2 rings (SSSR count). The van der Waals surface area contributed by atoms with Gasteiger partial charge in [-0.2, -0.15) is 0 Å². The van der Waals surface area contributed by atoms with E-state index in [2.05, 4.69) is 0 Å². The van der Waals surface area contributed by atoms with Crippen molar-refractivity contribution in [3.8, 4) is 0 Å². The van der Waals surface area contributed by atoms with E-state index in [-0.39, 0.29) is 11.4 Å². The maximum absolute atomic E-state index is 12.7. The van der Waals surface area contributed by atoms with Crippen molar-refractivity contribution in [3.05, 3.63) is 59.9 Å². The molecular weight excluding hydrogens is 239 g/mol. The largest absolute Gasteiger partial charge is 0.386 e. The van der Waals surface area contributed by atoms with Crippen molar-refractivity contribution in [1.82, 2.24) is 0 Å². The third-order valence-electron chi connectivity index (χ3n) is 2.14. The van der Waals surface area contributed by atoms with Crippen LogP contribution in [0.15, 0.2) is 58.3 Å². The molecule has 0 amide bonds. The molecule has 0 N–H and O–H groups in total. The van der Waals surface area contributed by atoms with Crippen LogP contribution in [0, 0.1) is 5.82 Å². The Bertz CT molecular complexity index is 520. The molecule has 4 heteroatoms. The normalized spacial score (nSPS) is 10.2. The number of carbonyl (C=O) groups excluding carboxylic acids is 1. The van der Waals surface area contributed by atoms with Crippen molar-refractivity contribution in [2.24, 2.45) is 0 Å². The average Bonchev–Trinajstić information content (AvgIpc) is 2.33. The fraction of sp³-hybridized carbons (Fsp3) is 0. The van der Waals surface area contributed by atoms with Crippen LogP contribution in [0.4, 0.5) is 4.39 Å². The topological polar surface area (TPSA) is 37.0 Å². The lowest BCUT2D eigenvalue weighted by Gasteiger charge is -2.01. The summed E-state index contributed by atoms with van der Waals surface area (Å²) in [7, 11) is 0. The SMILES string of the molecule is [O]C(=O)c1ccc(Sc2ccc(F)cc2)cc1. The standard InChI is InChI=1S/C13H8FO2S/c14-10-3-7-12(8-4-10)17-11-5-1-9(2-6-11)13(15)16/h1-8H. The first-order valence-corrected chi connectivity index (χ1v) is 5.71. The van der Waals surface area contributed by atoms with E-state index >= 15 is 0 Å². The summed E-state index contributed by atoms with van der Waals surface area (Å²) >= 11 is 1.44. The molecule has 0 atom stereocenters. The Labute approximate surface area is 102 Å². The van der Waals surface area contributed by atoms with Gasteiger partial charge < -0.3 is 0 Å². The van der Waals surface area contributed by atoms with Gasteiger partial charge in [-0.05, 0) is 48.5 Å². The highest BCUT2D eigenvalue weighted by molar-refractivity contribution is 7.99. The number of hydrogen-bond acceptors (Lipinski definition) is 2. The van der Waals surface area contributed by atoms with Crippen LogP contribution in [0.1, 0.15) is 10.4 Å². The first-order valence-electron chi connectivity index (χ1n) is 4.90. The van der Waals surface area contributed by atoms with Crippen LogP contribution in [-0.2, 0) is 5.11 Å². The van der Waals surface area contributed by atoms with E-state index in [1.807, 2.05) is 0 Å². The van der Waals surface area contributed by atoms with Crippen molar-refractivity contribution in [1.29, 1.82) is 0 Å². The van der Waals surface area contributed by atoms with Gasteiger partial charge in [0.05, 0.1) is 5.56 Å². The first-order chi connectivity index (χ1) is 8.15. The Balaban J connectivity index is 2.13. The van der Waals surface area contributed by atoms with Crippen molar-refractivity contribution in [2.45, 2.75) is 9.79 Å². The third kappa shape index (κ3) is 3.07. The molecule has 0 aliphatic carbocycles. The number of halogens is 1. The fourth-order valence-corrected chi connectivity index (χ4v) is 2.11. The summed E-state index contributed by atoms with van der Waals surface area (Å²) in [6.45, 7) is 0. The molecule has 0 aromatic heterocycles. The van der Waals surface area contributed by atoms with Gasteiger partial charge in [0.1, 0.15) is 5.82 Å². The van der Waals surface area contributed by atoms with Gasteiger partial charge in [0.25, 0.3) is 0 Å². The molecule has 85 valence electrons. The van der Waals surface area contributed by atoms with Gasteiger partial charge >= 0.3 is 5.97 Å². The zero-order valence-electron chi connectivity index (χ0n) is 8.72. The molecule has 0 saturated heterocycles. The van der Waals surface area contributed by atoms with Crippen LogP contribution >= 0.6 is 11.8 Å². The minimum Gasteiger partial charge on any atom is -0.242 e. The minimum absolute atomic E-state index is 0.147. The predicted molar refractivity (Wildman–Crippen MR) is 62.0 cm³/mol. The third-order valence-corrected chi connectivity index (χ3v) is 3.16. The van der Waals surface area contributed by atoms with Gasteiger partial charge in [0, 0.05) is 9.79 Å². The van der Waals surface area contributed by atoms with Gasteiger partial charge in [0.2, 0.25) is 0 Å². The Hall–Kier alpha value is -1.81. The quantitative estimate of drug-likeness (QED) is 0.831. The van der Waals surface area contributed by atoms with E-state index in [9.17, 15) is 14.3 Å². The smallest absolute Gasteiger partial charge is 0.242 e. The summed E-state index contributed by atoms with van der Waals surface area (Å²) in [6.07, 6.45) is 0. The van der Waals surface area contributed by atoms with Crippen LogP contribution in [-0.4, -0.2) is 5.97 Å². The lowest BCUT2D eigenvalue weighted by molar-refractivity contribution is 0.0573. The predicted octanol–water partition coefficient (Wildman–Crippen LogP) is 3.55. The number of benzene rings is 2. The molecule has 0 heterocycles. The van der Waals surface area contributed by atoms with Crippen molar-refractivity contribution in [3.63, 3.8) is 0 Å². The zero-order chi connectivity index (χ0) is 12.3. The summed E-state index contributed by atoms with van der Waals surface area (Å²) in [5, 5.41) is 10.5. The molecule has 0 saturated carbocycles. The molecule has 2 aromatic carbocycles. The average molecular weight is 247 g/mol. The van der Waals surface area contributed by atoms with Crippen LogP contribution in [0.2, 0.25) is 0 Å². The highest BCUT2D eigenvalue weighted by Crippen LogP contribution is 2.27. The molecule has 2 nitrogen and oxygen atoms in total. The summed E-state index contributed by atoms with van der Waals surface area (Å²) < 4.78 is 12.7. The Morgan fingerprint density at radius 1 is 0.882 bits per heavy atom. The Morgan fingerprint density at radius 2 is 1.35 bits per heavy atom. The molecule has 0 fully saturated rings. The first kappa shape index (κ1) is 11.7. The van der Waals surface area contributed by atoms with Gasteiger partial charge in [-0.1, -0.05) is 11.8 Å². The molecule has 0 bridgehead atoms. The van der Waals surface area contributed by atoms with Gasteiger partial charge in [-0.25, -0.2) is 14.3 Å². The lowest BCUT2D eigenvalue weighted by atomic mass is 10.2. The molecule has 17 heavy (non-hydrogen) atoms. The van der Waals surface area contributed by atoms with E-state index in [1.54, 1.807) is 24.3 Å². The monoisotopic (exact) mass is 247 g/mol. The molecule has 0 aliphatic heterocycles. The Kier molecular flexibility index (Phi) is 3.44. The summed E-state index contributed by atoms with van der Waals surface area (Å²) in [6, 6.07) is 12.5. The van der Waals surface area contributed by atoms with Crippen molar-refractivity contribution in [2.75, 3.05) is 0 Å². The number of rotatable bonds is 3. The van der Waals surface area contributed by atoms with E-state index in [1.165, 1.54) is 36.0 Å². The molecule has 1 radical (unpaired) electrons. The zero-order valence-corrected chi connectivity index (χ0v) is 9.54. The second kappa shape index (κ2) is 5.01. The van der Waals surface area contributed by atoms with Crippen LogP contribution in [0.3, 0.4) is 0 Å². The summed E-state index contributed by atoms with van der Waals surface area (Å²) in [5.41, 5.74) is 0.147. The summed E-state index contributed by atoms with van der Waals surface area (Å²) in [4.78, 5) is 12.3. The van der Waals surface area contributed by atoms with E-state index in [4.69, 9.17) is 0 Å². The molecule has 0 spiro atoms. The van der Waals surface area contributed by atoms with Crippen LogP contribution in [0.25, 0.3) is 0 Å². The molecule has 0 aliphatic rings. The molecular formula is C13H8FO2S. The maximum Gasteiger partial charge on any atom is 0.386 e. The van der Waals surface area contributed by atoms with Crippen LogP contribution in [0.5, 0.6) is 0 Å². The van der Waals surface area contributed by atoms with Crippen molar-refractivity contribution >= 4 is 17.7 Å². The van der Waals surface area contributed by atoms with Crippen molar-refractivity contribution < 1.29 is 14.3 Å². The summed E-state index contributed by atoms with van der Waals surface area (Å²) in [5.74, 6) is -1.47. The molecule has 0 unspecified atom stereocenters. The van der Waals surface area contributed by atoms with Gasteiger partial charge in [-0.3, -0.25) is 0 Å². The van der Waals surface area contributed by atoms with Gasteiger partial charge in [0.15, 0.2) is 0 Å². The second-order valence-corrected chi connectivity index (χ2v) is 4.51. The lowest BCUT2D eigenvalue weighted by Crippen LogP contribution is -1.92. The number of hydrogen-bond donors (Lipinski definition) is 0. The number of carbonyl (C=O) groups is 1. The highest BCUT2D eigenvalue weighted by atomic mass is 32.2. The van der Waals surface area contributed by atoms with E-state index < -0.39 is 5.97 Å². The van der Waals surface area contributed by atoms with E-state index in [0.717, 1.165) is 9.79 Å². The second-order valence-electron chi connectivity index (χ2n) is 3.37. The fourth-order valence-electron chi connectivity index (χ4n) is 1.30. The molecule has 2 aromatic rings. The highest BCUT2D eigenvalue weighted by Gasteiger charge is 2.04. The Morgan fingerprint density at radius 3 is 1.82 bits per heavy atom. The van der Waals surface area contributed by atoms with Crippen LogP contribution < -0.4 is 0 Å². The minimum atomic E-state index is -1.19. The van der Waals surface area contributed by atoms with E-state index in [0.29, 0.717) is 0 Å².